The molecule has 0 spiro atoms. The topological polar surface area (TPSA) is 97.5 Å². The second-order valence-electron chi connectivity index (χ2n) is 9.75. The van der Waals surface area contributed by atoms with Crippen LogP contribution >= 0.6 is 11.6 Å². The molecule has 0 unspecified atom stereocenters. The van der Waals surface area contributed by atoms with E-state index in [2.05, 4.69) is 34.1 Å². The number of aliphatic carboxylic acids is 1. The second-order valence-corrected chi connectivity index (χ2v) is 10.2. The van der Waals surface area contributed by atoms with Gasteiger partial charge in [-0.05, 0) is 41.3 Å². The Hall–Kier alpha value is -3.91. The third kappa shape index (κ3) is 4.31. The molecule has 188 valence electrons. The molecule has 2 atom stereocenters. The van der Waals surface area contributed by atoms with Crippen LogP contribution in [0.15, 0.2) is 59.5 Å². The van der Waals surface area contributed by atoms with Crippen LogP contribution in [0.25, 0.3) is 10.9 Å². The quantitative estimate of drug-likeness (QED) is 0.411. The molecule has 4 aromatic rings. The summed E-state index contributed by atoms with van der Waals surface area (Å²) in [7, 11) is 1.63. The Morgan fingerprint density at radius 3 is 2.57 bits per heavy atom. The highest BCUT2D eigenvalue weighted by Gasteiger charge is 2.38. The van der Waals surface area contributed by atoms with E-state index in [0.29, 0.717) is 34.7 Å². The first-order valence-corrected chi connectivity index (χ1v) is 12.6. The maximum Gasteiger partial charge on any atom is 0.341 e. The van der Waals surface area contributed by atoms with E-state index in [-0.39, 0.29) is 11.3 Å². The molecule has 6 rings (SSSR count). The number of anilines is 1. The van der Waals surface area contributed by atoms with Crippen LogP contribution in [-0.4, -0.2) is 45.3 Å². The molecule has 1 fully saturated rings. The van der Waals surface area contributed by atoms with Crippen LogP contribution in [-0.2, 0) is 18.3 Å². The number of benzene rings is 2. The van der Waals surface area contributed by atoms with Gasteiger partial charge in [-0.1, -0.05) is 41.9 Å². The lowest BCUT2D eigenvalue weighted by Gasteiger charge is -2.32. The fraction of sp³-hybridized carbons (Fsp3) is 0.286. The zero-order valence-corrected chi connectivity index (χ0v) is 21.0. The van der Waals surface area contributed by atoms with Crippen molar-refractivity contribution in [1.82, 2.24) is 14.5 Å². The van der Waals surface area contributed by atoms with Crippen molar-refractivity contribution < 1.29 is 14.6 Å². The van der Waals surface area contributed by atoms with Gasteiger partial charge in [0.2, 0.25) is 5.95 Å². The summed E-state index contributed by atoms with van der Waals surface area (Å²) in [4.78, 5) is 35.1. The number of halogens is 1. The van der Waals surface area contributed by atoms with Crippen molar-refractivity contribution in [2.45, 2.75) is 24.7 Å². The van der Waals surface area contributed by atoms with Gasteiger partial charge in [0.25, 0.3) is 5.56 Å². The summed E-state index contributed by atoms with van der Waals surface area (Å²) in [6, 6.07) is 16.0. The standard InChI is InChI=1S/C28H25ClN4O4/c1-32-24-7-6-16(8-17(24)11-25(27(32)36)37-15-26(34)35)9-23-22(29)12-30-28(31-23)33-13-18-10-19(14-33)21-5-3-2-4-20(18)21/h2-8,11-12,18-19H,9-10,13-15H2,1H3,(H,34,35)/t18-,19+. The van der Waals surface area contributed by atoms with Crippen molar-refractivity contribution in [3.8, 4) is 5.75 Å². The summed E-state index contributed by atoms with van der Waals surface area (Å²) in [5.74, 6) is 0.521. The molecule has 1 saturated heterocycles. The fourth-order valence-corrected chi connectivity index (χ4v) is 5.84. The number of fused-ring (bicyclic) bond motifs is 6. The normalized spacial score (nSPS) is 18.2. The van der Waals surface area contributed by atoms with Gasteiger partial charge < -0.3 is 19.3 Å². The monoisotopic (exact) mass is 516 g/mol. The van der Waals surface area contributed by atoms with Crippen LogP contribution in [0.3, 0.4) is 0 Å². The van der Waals surface area contributed by atoms with Crippen molar-refractivity contribution >= 4 is 34.4 Å². The lowest BCUT2D eigenvalue weighted by molar-refractivity contribution is -0.139. The van der Waals surface area contributed by atoms with Crippen molar-refractivity contribution in [2.75, 3.05) is 24.6 Å². The maximum absolute atomic E-state index is 12.5. The SMILES string of the molecule is Cn1c(=O)c(OCC(=O)O)cc2cc(Cc3nc(N4C[C@H]5C[C@@H](C4)c4ccccc45)ncc3Cl)ccc21. The van der Waals surface area contributed by atoms with Gasteiger partial charge in [-0.25, -0.2) is 14.8 Å². The highest BCUT2D eigenvalue weighted by molar-refractivity contribution is 6.31. The lowest BCUT2D eigenvalue weighted by atomic mass is 9.96. The molecule has 0 amide bonds. The molecule has 37 heavy (non-hydrogen) atoms. The molecule has 2 bridgehead atoms. The number of hydrogen-bond donors (Lipinski definition) is 1. The maximum atomic E-state index is 12.5. The summed E-state index contributed by atoms with van der Waals surface area (Å²) in [6.07, 6.45) is 3.33. The van der Waals surface area contributed by atoms with Crippen LogP contribution in [0.5, 0.6) is 5.75 Å². The first-order chi connectivity index (χ1) is 17.9. The van der Waals surface area contributed by atoms with E-state index in [4.69, 9.17) is 26.4 Å². The van der Waals surface area contributed by atoms with E-state index in [1.807, 2.05) is 18.2 Å². The fourth-order valence-electron chi connectivity index (χ4n) is 5.68. The molecular formula is C28H25ClN4O4. The minimum absolute atomic E-state index is 0.00219. The molecule has 9 heteroatoms. The van der Waals surface area contributed by atoms with Crippen molar-refractivity contribution in [3.63, 3.8) is 0 Å². The second kappa shape index (κ2) is 9.19. The lowest BCUT2D eigenvalue weighted by Crippen LogP contribution is -2.36. The molecule has 2 aromatic heterocycles. The molecular weight excluding hydrogens is 492 g/mol. The molecule has 8 nitrogen and oxygen atoms in total. The number of aromatic nitrogens is 3. The van der Waals surface area contributed by atoms with Crippen LogP contribution < -0.4 is 15.2 Å². The number of carboxylic acid groups (broad SMARTS) is 1. The molecule has 1 aliphatic carbocycles. The predicted octanol–water partition coefficient (Wildman–Crippen LogP) is 4.13. The number of nitrogens with zero attached hydrogens (tertiary/aromatic N) is 4. The molecule has 2 aromatic carbocycles. The van der Waals surface area contributed by atoms with Crippen molar-refractivity contribution in [2.24, 2.45) is 7.05 Å². The minimum atomic E-state index is -1.14. The smallest absolute Gasteiger partial charge is 0.341 e. The summed E-state index contributed by atoms with van der Waals surface area (Å²) in [5, 5.41) is 10.2. The van der Waals surface area contributed by atoms with E-state index in [9.17, 15) is 9.59 Å². The van der Waals surface area contributed by atoms with E-state index in [0.717, 1.165) is 29.7 Å². The van der Waals surface area contributed by atoms with Gasteiger partial charge in [-0.3, -0.25) is 4.79 Å². The highest BCUT2D eigenvalue weighted by Crippen LogP contribution is 2.46. The van der Waals surface area contributed by atoms with Crippen molar-refractivity contribution in [3.05, 3.63) is 92.5 Å². The Labute approximate surface area is 218 Å². The number of carbonyl (C=O) groups is 1. The predicted molar refractivity (Wildman–Crippen MR) is 141 cm³/mol. The minimum Gasteiger partial charge on any atom is -0.479 e. The van der Waals surface area contributed by atoms with E-state index in [1.54, 1.807) is 19.3 Å². The molecule has 0 saturated carbocycles. The highest BCUT2D eigenvalue weighted by atomic mass is 35.5. The van der Waals surface area contributed by atoms with E-state index in [1.165, 1.54) is 22.1 Å². The molecule has 1 N–H and O–H groups in total. The van der Waals surface area contributed by atoms with Crippen LogP contribution in [0.4, 0.5) is 5.95 Å². The van der Waals surface area contributed by atoms with Gasteiger partial charge >= 0.3 is 5.97 Å². The Morgan fingerprint density at radius 2 is 1.86 bits per heavy atom. The van der Waals surface area contributed by atoms with Gasteiger partial charge in [-0.15, -0.1) is 0 Å². The van der Waals surface area contributed by atoms with Gasteiger partial charge in [0.1, 0.15) is 0 Å². The van der Waals surface area contributed by atoms with Crippen LogP contribution in [0.2, 0.25) is 5.02 Å². The summed E-state index contributed by atoms with van der Waals surface area (Å²) >= 11 is 6.52. The van der Waals surface area contributed by atoms with E-state index >= 15 is 0 Å². The summed E-state index contributed by atoms with van der Waals surface area (Å²) in [6.45, 7) is 1.19. The number of piperidine rings is 1. The number of pyridine rings is 1. The molecule has 2 aliphatic rings. The van der Waals surface area contributed by atoms with Crippen molar-refractivity contribution in [1.29, 1.82) is 0 Å². The summed E-state index contributed by atoms with van der Waals surface area (Å²) in [5.41, 5.74) is 4.90. The first-order valence-electron chi connectivity index (χ1n) is 12.2. The van der Waals surface area contributed by atoms with Gasteiger partial charge in [0.05, 0.1) is 22.4 Å². The molecule has 3 heterocycles. The number of aryl methyl sites for hydroxylation is 1. The average molecular weight is 517 g/mol. The zero-order chi connectivity index (χ0) is 25.7. The molecule has 1 aliphatic heterocycles. The summed E-state index contributed by atoms with van der Waals surface area (Å²) < 4.78 is 6.67. The Bertz CT molecular complexity index is 1570. The number of hydrogen-bond acceptors (Lipinski definition) is 6. The Kier molecular flexibility index (Phi) is 5.83. The van der Waals surface area contributed by atoms with Gasteiger partial charge in [0.15, 0.2) is 12.4 Å². The van der Waals surface area contributed by atoms with Crippen LogP contribution in [0.1, 0.15) is 40.6 Å². The van der Waals surface area contributed by atoms with E-state index < -0.39 is 12.6 Å². The van der Waals surface area contributed by atoms with Crippen LogP contribution in [0, 0.1) is 0 Å². The van der Waals surface area contributed by atoms with Gasteiger partial charge in [-0.2, -0.15) is 0 Å². The number of ether oxygens (including phenoxy) is 1. The Morgan fingerprint density at radius 1 is 1.14 bits per heavy atom. The Balaban J connectivity index is 1.27. The molecule has 0 radical (unpaired) electrons. The number of rotatable bonds is 6. The first kappa shape index (κ1) is 23.5. The van der Waals surface area contributed by atoms with Gasteiger partial charge in [0, 0.05) is 43.8 Å². The zero-order valence-electron chi connectivity index (χ0n) is 20.2. The third-order valence-electron chi connectivity index (χ3n) is 7.39. The third-order valence-corrected chi connectivity index (χ3v) is 7.71. The average Bonchev–Trinajstić information content (AvgIpc) is 3.16. The number of carboxylic acids is 1. The largest absolute Gasteiger partial charge is 0.479 e.